The predicted molar refractivity (Wildman–Crippen MR) is 154 cm³/mol. The van der Waals surface area contributed by atoms with Crippen LogP contribution in [0.15, 0.2) is 47.9 Å². The highest BCUT2D eigenvalue weighted by Crippen LogP contribution is 2.37. The third kappa shape index (κ3) is 5.68. The van der Waals surface area contributed by atoms with E-state index in [0.29, 0.717) is 29.0 Å². The molecule has 1 unspecified atom stereocenters. The van der Waals surface area contributed by atoms with Gasteiger partial charge in [0.25, 0.3) is 0 Å². The third-order valence-electron chi connectivity index (χ3n) is 7.21. The maximum atomic E-state index is 13.1. The molecule has 3 N–H and O–H groups in total. The highest BCUT2D eigenvalue weighted by molar-refractivity contribution is 7.98. The third-order valence-corrected chi connectivity index (χ3v) is 8.01. The standard InChI is InChI=1S/C28H32F3N7S/c1-16(2)18-4-6-23(38-13-17(14-38)15-39-3)21-12-34-26(10-19(18)21)36-25-8-9-33-27(37-25)20(11-32)22-5-7-24(35-22)28(29,30)31/h4,6,8-12,16-17,24H,5,7,13-15,32H2,1-3H3,(H,33,34,36,37). The maximum Gasteiger partial charge on any atom is 0.410 e. The highest BCUT2D eigenvalue weighted by atomic mass is 32.2. The molecule has 11 heteroatoms. The Hall–Kier alpha value is -3.34. The van der Waals surface area contributed by atoms with Gasteiger partial charge < -0.3 is 16.0 Å². The van der Waals surface area contributed by atoms with Crippen molar-refractivity contribution in [1.82, 2.24) is 15.0 Å². The molecule has 1 saturated heterocycles. The van der Waals surface area contributed by atoms with E-state index in [1.165, 1.54) is 23.2 Å². The summed E-state index contributed by atoms with van der Waals surface area (Å²) in [6, 6.07) is 6.40. The van der Waals surface area contributed by atoms with Crippen molar-refractivity contribution in [2.45, 2.75) is 44.8 Å². The second kappa shape index (κ2) is 11.0. The van der Waals surface area contributed by atoms with Crippen molar-refractivity contribution in [3.63, 3.8) is 0 Å². The van der Waals surface area contributed by atoms with Gasteiger partial charge in [-0.05, 0) is 59.9 Å². The summed E-state index contributed by atoms with van der Waals surface area (Å²) >= 11 is 1.89. The minimum absolute atomic E-state index is 0.106. The monoisotopic (exact) mass is 555 g/mol. The number of aliphatic imine (C=N–C) groups is 1. The van der Waals surface area contributed by atoms with Crippen LogP contribution in [0.5, 0.6) is 0 Å². The fraction of sp³-hybridized carbons (Fsp3) is 0.429. The molecule has 39 heavy (non-hydrogen) atoms. The van der Waals surface area contributed by atoms with Gasteiger partial charge in [0.2, 0.25) is 0 Å². The van der Waals surface area contributed by atoms with E-state index >= 15 is 0 Å². The summed E-state index contributed by atoms with van der Waals surface area (Å²) < 4.78 is 39.4. The Balaban J connectivity index is 1.41. The Labute approximate surface area is 230 Å². The summed E-state index contributed by atoms with van der Waals surface area (Å²) in [7, 11) is 0. The molecule has 7 nitrogen and oxygen atoms in total. The number of alkyl halides is 3. The summed E-state index contributed by atoms with van der Waals surface area (Å²) in [4.78, 5) is 19.7. The summed E-state index contributed by atoms with van der Waals surface area (Å²) in [6.07, 6.45) is 2.49. The van der Waals surface area contributed by atoms with Crippen molar-refractivity contribution in [3.05, 3.63) is 54.2 Å². The first-order chi connectivity index (χ1) is 18.7. The molecule has 3 aromatic rings. The maximum absolute atomic E-state index is 13.1. The lowest BCUT2D eigenvalue weighted by Crippen LogP contribution is -2.48. The molecule has 1 atom stereocenters. The fourth-order valence-electron chi connectivity index (χ4n) is 5.22. The van der Waals surface area contributed by atoms with Gasteiger partial charge in [-0.25, -0.2) is 15.0 Å². The van der Waals surface area contributed by atoms with Crippen LogP contribution in [0.3, 0.4) is 0 Å². The number of aromatic nitrogens is 3. The number of benzene rings is 1. The first-order valence-electron chi connectivity index (χ1n) is 13.0. The first-order valence-corrected chi connectivity index (χ1v) is 14.4. The van der Waals surface area contributed by atoms with Gasteiger partial charge in [-0.1, -0.05) is 19.9 Å². The molecule has 0 amide bonds. The van der Waals surface area contributed by atoms with Crippen LogP contribution >= 0.6 is 11.8 Å². The number of thioether (sulfide) groups is 1. The molecular formula is C28H32F3N7S. The number of allylic oxidation sites excluding steroid dienone is 1. The van der Waals surface area contributed by atoms with Crippen molar-refractivity contribution < 1.29 is 13.2 Å². The zero-order chi connectivity index (χ0) is 27.7. The largest absolute Gasteiger partial charge is 0.410 e. The number of fused-ring (bicyclic) bond motifs is 1. The van der Waals surface area contributed by atoms with Crippen molar-refractivity contribution in [1.29, 1.82) is 0 Å². The van der Waals surface area contributed by atoms with E-state index in [2.05, 4.69) is 62.4 Å². The Morgan fingerprint density at radius 1 is 1.18 bits per heavy atom. The van der Waals surface area contributed by atoms with Crippen molar-refractivity contribution in [3.8, 4) is 0 Å². The van der Waals surface area contributed by atoms with Crippen molar-refractivity contribution >= 4 is 51.1 Å². The molecule has 0 radical (unpaired) electrons. The summed E-state index contributed by atoms with van der Waals surface area (Å²) in [5.41, 5.74) is 8.78. The van der Waals surface area contributed by atoms with Gasteiger partial charge in [-0.15, -0.1) is 0 Å². The molecule has 0 spiro atoms. The number of nitrogens with one attached hydrogen (secondary N) is 1. The average molecular weight is 556 g/mol. The average Bonchev–Trinajstić information content (AvgIpc) is 3.37. The fourth-order valence-corrected chi connectivity index (χ4v) is 5.90. The van der Waals surface area contributed by atoms with Gasteiger partial charge in [0.15, 0.2) is 5.82 Å². The lowest BCUT2D eigenvalue weighted by atomic mass is 9.93. The topological polar surface area (TPSA) is 92.3 Å². The van der Waals surface area contributed by atoms with Crippen LogP contribution in [-0.2, 0) is 0 Å². The molecule has 5 rings (SSSR count). The van der Waals surface area contributed by atoms with E-state index in [1.807, 2.05) is 24.0 Å². The van der Waals surface area contributed by atoms with Crippen LogP contribution in [-0.4, -0.2) is 58.0 Å². The van der Waals surface area contributed by atoms with E-state index in [-0.39, 0.29) is 24.4 Å². The minimum Gasteiger partial charge on any atom is -0.404 e. The van der Waals surface area contributed by atoms with Crippen LogP contribution in [0.25, 0.3) is 16.3 Å². The van der Waals surface area contributed by atoms with Crippen LogP contribution in [0.4, 0.5) is 30.5 Å². The smallest absolute Gasteiger partial charge is 0.404 e. The van der Waals surface area contributed by atoms with Crippen LogP contribution < -0.4 is 16.0 Å². The van der Waals surface area contributed by atoms with Gasteiger partial charge in [0, 0.05) is 54.4 Å². The van der Waals surface area contributed by atoms with Crippen LogP contribution in [0, 0.1) is 5.92 Å². The lowest BCUT2D eigenvalue weighted by molar-refractivity contribution is -0.146. The van der Waals surface area contributed by atoms with E-state index in [9.17, 15) is 13.2 Å². The second-order valence-corrected chi connectivity index (χ2v) is 11.2. The Morgan fingerprint density at radius 3 is 2.64 bits per heavy atom. The van der Waals surface area contributed by atoms with E-state index < -0.39 is 12.2 Å². The number of nitrogens with two attached hydrogens (primary N) is 1. The van der Waals surface area contributed by atoms with Crippen molar-refractivity contribution in [2.24, 2.45) is 16.6 Å². The number of hydrogen-bond donors (Lipinski definition) is 2. The number of pyridine rings is 1. The molecule has 0 aliphatic carbocycles. The lowest BCUT2D eigenvalue weighted by Gasteiger charge is -2.41. The molecule has 1 fully saturated rings. The highest BCUT2D eigenvalue weighted by Gasteiger charge is 2.42. The molecule has 4 heterocycles. The van der Waals surface area contributed by atoms with Gasteiger partial charge in [-0.2, -0.15) is 24.9 Å². The molecule has 0 bridgehead atoms. The molecule has 2 aliphatic rings. The number of rotatable bonds is 8. The Morgan fingerprint density at radius 2 is 1.97 bits per heavy atom. The normalized spacial score (nSPS) is 18.5. The number of anilines is 3. The van der Waals surface area contributed by atoms with E-state index in [1.54, 1.807) is 12.3 Å². The summed E-state index contributed by atoms with van der Waals surface area (Å²) in [5.74, 6) is 3.50. The van der Waals surface area contributed by atoms with Gasteiger partial charge in [0.05, 0.1) is 5.57 Å². The first kappa shape index (κ1) is 27.2. The second-order valence-electron chi connectivity index (χ2n) is 10.3. The van der Waals surface area contributed by atoms with Gasteiger partial charge >= 0.3 is 6.18 Å². The van der Waals surface area contributed by atoms with Gasteiger partial charge in [0.1, 0.15) is 17.7 Å². The Bertz CT molecular complexity index is 1410. The van der Waals surface area contributed by atoms with Crippen LogP contribution in [0.2, 0.25) is 0 Å². The predicted octanol–water partition coefficient (Wildman–Crippen LogP) is 6.16. The van der Waals surface area contributed by atoms with E-state index in [4.69, 9.17) is 5.73 Å². The summed E-state index contributed by atoms with van der Waals surface area (Å²) in [6.45, 7) is 6.44. The SMILES string of the molecule is CSCC1CN(c2ccc(C(C)C)c3cc(Nc4ccnc(C(=CN)C5=NC(C(F)(F)F)CC5)n4)ncc23)C1. The van der Waals surface area contributed by atoms with Gasteiger partial charge in [-0.3, -0.25) is 4.99 Å². The Kier molecular flexibility index (Phi) is 7.70. The molecule has 206 valence electrons. The molecule has 0 saturated carbocycles. The molecule has 1 aromatic carbocycles. The zero-order valence-corrected chi connectivity index (χ0v) is 23.0. The molecular weight excluding hydrogens is 523 g/mol. The zero-order valence-electron chi connectivity index (χ0n) is 22.2. The minimum atomic E-state index is -4.38. The summed E-state index contributed by atoms with van der Waals surface area (Å²) in [5, 5.41) is 5.48. The van der Waals surface area contributed by atoms with Crippen LogP contribution in [0.1, 0.15) is 44.0 Å². The van der Waals surface area contributed by atoms with Crippen molar-refractivity contribution in [2.75, 3.05) is 35.3 Å². The van der Waals surface area contributed by atoms with E-state index in [0.717, 1.165) is 23.9 Å². The number of halogens is 3. The quantitative estimate of drug-likeness (QED) is 0.344. The number of nitrogens with zero attached hydrogens (tertiary/aromatic N) is 5. The molecule has 2 aromatic heterocycles. The molecule has 2 aliphatic heterocycles. The number of hydrogen-bond acceptors (Lipinski definition) is 8.